The van der Waals surface area contributed by atoms with E-state index in [0.29, 0.717) is 11.8 Å². The van der Waals surface area contributed by atoms with E-state index in [9.17, 15) is 4.79 Å². The monoisotopic (exact) mass is 224 g/mol. The normalized spacial score (nSPS) is 32.8. The molecule has 0 saturated heterocycles. The lowest BCUT2D eigenvalue weighted by Crippen LogP contribution is -2.43. The Morgan fingerprint density at radius 3 is 2.38 bits per heavy atom. The molecule has 1 rings (SSSR count). The van der Waals surface area contributed by atoms with Crippen molar-refractivity contribution in [1.29, 1.82) is 0 Å². The zero-order valence-corrected chi connectivity index (χ0v) is 11.2. The van der Waals surface area contributed by atoms with Gasteiger partial charge in [-0.15, -0.1) is 0 Å². The Kier molecular flexibility index (Phi) is 3.51. The SMILES string of the molecule is C=CC(=O)OC1(C(C)C)CC(C)(C)CC1C. The Bertz CT molecular complexity index is 291. The molecule has 1 aliphatic rings. The van der Waals surface area contributed by atoms with Crippen LogP contribution in [0.4, 0.5) is 0 Å². The molecule has 1 aliphatic carbocycles. The summed E-state index contributed by atoms with van der Waals surface area (Å²) in [5.41, 5.74) is -0.0556. The van der Waals surface area contributed by atoms with E-state index in [2.05, 4.69) is 41.2 Å². The number of rotatable bonds is 3. The van der Waals surface area contributed by atoms with Crippen LogP contribution >= 0.6 is 0 Å². The quantitative estimate of drug-likeness (QED) is 0.541. The average molecular weight is 224 g/mol. The van der Waals surface area contributed by atoms with Crippen molar-refractivity contribution < 1.29 is 9.53 Å². The molecular formula is C14H24O2. The molecule has 0 N–H and O–H groups in total. The third-order valence-electron chi connectivity index (χ3n) is 3.88. The summed E-state index contributed by atoms with van der Waals surface area (Å²) >= 11 is 0. The van der Waals surface area contributed by atoms with Gasteiger partial charge in [-0.2, -0.15) is 0 Å². The molecule has 1 saturated carbocycles. The first-order chi connectivity index (χ1) is 7.23. The van der Waals surface area contributed by atoms with Crippen LogP contribution in [0.2, 0.25) is 0 Å². The number of carbonyl (C=O) groups excluding carboxylic acids is 1. The minimum absolute atomic E-state index is 0.255. The average Bonchev–Trinajstić information content (AvgIpc) is 2.37. The first-order valence-electron chi connectivity index (χ1n) is 6.09. The number of hydrogen-bond donors (Lipinski definition) is 0. The van der Waals surface area contributed by atoms with Crippen molar-refractivity contribution in [3.05, 3.63) is 12.7 Å². The Morgan fingerprint density at radius 1 is 1.50 bits per heavy atom. The van der Waals surface area contributed by atoms with Gasteiger partial charge in [-0.25, -0.2) is 4.79 Å². The van der Waals surface area contributed by atoms with Crippen molar-refractivity contribution in [3.8, 4) is 0 Å². The van der Waals surface area contributed by atoms with Gasteiger partial charge in [0.25, 0.3) is 0 Å². The van der Waals surface area contributed by atoms with Gasteiger partial charge >= 0.3 is 5.97 Å². The zero-order valence-electron chi connectivity index (χ0n) is 11.2. The minimum Gasteiger partial charge on any atom is -0.455 e. The van der Waals surface area contributed by atoms with Gasteiger partial charge in [0.15, 0.2) is 0 Å². The van der Waals surface area contributed by atoms with E-state index in [4.69, 9.17) is 4.74 Å². The molecule has 2 nitrogen and oxygen atoms in total. The van der Waals surface area contributed by atoms with Crippen molar-refractivity contribution >= 4 is 5.97 Å². The van der Waals surface area contributed by atoms with E-state index in [1.165, 1.54) is 6.08 Å². The van der Waals surface area contributed by atoms with Crippen molar-refractivity contribution in [3.63, 3.8) is 0 Å². The second-order valence-corrected chi connectivity index (χ2v) is 6.18. The smallest absolute Gasteiger partial charge is 0.330 e. The van der Waals surface area contributed by atoms with Crippen LogP contribution in [-0.2, 0) is 9.53 Å². The lowest BCUT2D eigenvalue weighted by atomic mass is 9.80. The zero-order chi connectivity index (χ0) is 12.6. The molecule has 0 aromatic heterocycles. The maximum atomic E-state index is 11.5. The minimum atomic E-state index is -0.311. The largest absolute Gasteiger partial charge is 0.455 e. The lowest BCUT2D eigenvalue weighted by Gasteiger charge is -2.37. The van der Waals surface area contributed by atoms with Gasteiger partial charge in [0, 0.05) is 6.08 Å². The summed E-state index contributed by atoms with van der Waals surface area (Å²) in [5, 5.41) is 0. The van der Waals surface area contributed by atoms with Gasteiger partial charge in [-0.1, -0.05) is 41.2 Å². The highest BCUT2D eigenvalue weighted by Gasteiger charge is 2.52. The molecule has 0 bridgehead atoms. The molecule has 0 aromatic rings. The van der Waals surface area contributed by atoms with Crippen LogP contribution in [0, 0.1) is 17.3 Å². The Balaban J connectivity index is 2.98. The van der Waals surface area contributed by atoms with Crippen molar-refractivity contribution in [2.45, 2.75) is 53.1 Å². The highest BCUT2D eigenvalue weighted by molar-refractivity contribution is 5.81. The molecule has 0 aliphatic heterocycles. The Labute approximate surface area is 99.1 Å². The fraction of sp³-hybridized carbons (Fsp3) is 0.786. The lowest BCUT2D eigenvalue weighted by molar-refractivity contribution is -0.164. The van der Waals surface area contributed by atoms with Gasteiger partial charge in [0.1, 0.15) is 5.60 Å². The number of esters is 1. The molecule has 92 valence electrons. The Hall–Kier alpha value is -0.790. The summed E-state index contributed by atoms with van der Waals surface area (Å²) in [6.45, 7) is 14.4. The number of hydrogen-bond acceptors (Lipinski definition) is 2. The molecule has 2 atom stereocenters. The molecule has 2 heteroatoms. The molecule has 16 heavy (non-hydrogen) atoms. The number of carbonyl (C=O) groups is 1. The molecule has 2 unspecified atom stereocenters. The van der Waals surface area contributed by atoms with Gasteiger partial charge in [0.2, 0.25) is 0 Å². The molecule has 0 spiro atoms. The van der Waals surface area contributed by atoms with Crippen LogP contribution in [0.25, 0.3) is 0 Å². The highest BCUT2D eigenvalue weighted by Crippen LogP contribution is 2.52. The van der Waals surface area contributed by atoms with E-state index in [0.717, 1.165) is 12.8 Å². The Morgan fingerprint density at radius 2 is 2.06 bits per heavy atom. The summed E-state index contributed by atoms with van der Waals surface area (Å²) in [6.07, 6.45) is 3.32. The standard InChI is InChI=1S/C14H24O2/c1-7-12(15)16-14(10(2)3)9-13(5,6)8-11(14)4/h7,10-11H,1,8-9H2,2-6H3. The maximum Gasteiger partial charge on any atom is 0.330 e. The van der Waals surface area contributed by atoms with Crippen LogP contribution in [0.15, 0.2) is 12.7 Å². The third kappa shape index (κ3) is 2.31. The first-order valence-corrected chi connectivity index (χ1v) is 6.09. The van der Waals surface area contributed by atoms with E-state index >= 15 is 0 Å². The second kappa shape index (κ2) is 4.23. The van der Waals surface area contributed by atoms with Crippen LogP contribution in [0.3, 0.4) is 0 Å². The number of ether oxygens (including phenoxy) is 1. The third-order valence-corrected chi connectivity index (χ3v) is 3.88. The fourth-order valence-electron chi connectivity index (χ4n) is 3.25. The summed E-state index contributed by atoms with van der Waals surface area (Å²) < 4.78 is 5.70. The second-order valence-electron chi connectivity index (χ2n) is 6.18. The molecular weight excluding hydrogens is 200 g/mol. The van der Waals surface area contributed by atoms with E-state index in [1.807, 2.05) is 0 Å². The van der Waals surface area contributed by atoms with Gasteiger partial charge in [-0.3, -0.25) is 0 Å². The van der Waals surface area contributed by atoms with Gasteiger partial charge in [-0.05, 0) is 30.1 Å². The van der Waals surface area contributed by atoms with Crippen LogP contribution < -0.4 is 0 Å². The molecule has 0 amide bonds. The summed E-state index contributed by atoms with van der Waals surface area (Å²) in [7, 11) is 0. The van der Waals surface area contributed by atoms with Crippen LogP contribution in [0.5, 0.6) is 0 Å². The topological polar surface area (TPSA) is 26.3 Å². The maximum absolute atomic E-state index is 11.5. The van der Waals surface area contributed by atoms with Gasteiger partial charge < -0.3 is 4.74 Å². The molecule has 1 fully saturated rings. The van der Waals surface area contributed by atoms with E-state index in [-0.39, 0.29) is 17.0 Å². The first kappa shape index (κ1) is 13.3. The summed E-state index contributed by atoms with van der Waals surface area (Å²) in [6, 6.07) is 0. The predicted octanol–water partition coefficient (Wildman–Crippen LogP) is 3.57. The molecule has 0 heterocycles. The molecule has 0 radical (unpaired) electrons. The summed E-state index contributed by atoms with van der Waals surface area (Å²) in [4.78, 5) is 11.5. The van der Waals surface area contributed by atoms with Crippen LogP contribution in [-0.4, -0.2) is 11.6 Å². The molecule has 0 aromatic carbocycles. The van der Waals surface area contributed by atoms with Crippen LogP contribution in [0.1, 0.15) is 47.5 Å². The van der Waals surface area contributed by atoms with Crippen molar-refractivity contribution in [1.82, 2.24) is 0 Å². The van der Waals surface area contributed by atoms with Crippen molar-refractivity contribution in [2.75, 3.05) is 0 Å². The predicted molar refractivity (Wildman–Crippen MR) is 66.0 cm³/mol. The van der Waals surface area contributed by atoms with Crippen molar-refractivity contribution in [2.24, 2.45) is 17.3 Å². The summed E-state index contributed by atoms with van der Waals surface area (Å²) in [5.74, 6) is 0.456. The fourth-order valence-corrected chi connectivity index (χ4v) is 3.25. The van der Waals surface area contributed by atoms with Gasteiger partial charge in [0.05, 0.1) is 0 Å². The van der Waals surface area contributed by atoms with E-state index in [1.54, 1.807) is 0 Å². The van der Waals surface area contributed by atoms with E-state index < -0.39 is 0 Å². The highest BCUT2D eigenvalue weighted by atomic mass is 16.6.